The summed E-state index contributed by atoms with van der Waals surface area (Å²) in [5, 5.41) is 0. The van der Waals surface area contributed by atoms with Crippen LogP contribution in [0, 0.1) is 0 Å². The first kappa shape index (κ1) is 13.3. The number of ether oxygens (including phenoxy) is 1. The molecule has 0 aromatic carbocycles. The maximum absolute atomic E-state index is 11.9. The van der Waals surface area contributed by atoms with Crippen molar-refractivity contribution in [3.8, 4) is 0 Å². The van der Waals surface area contributed by atoms with Gasteiger partial charge in [-0.05, 0) is 38.5 Å². The van der Waals surface area contributed by atoms with Gasteiger partial charge in [-0.25, -0.2) is 4.79 Å². The van der Waals surface area contributed by atoms with Crippen LogP contribution in [0.3, 0.4) is 0 Å². The third-order valence-corrected chi connectivity index (χ3v) is 3.06. The van der Waals surface area contributed by atoms with Gasteiger partial charge in [0.15, 0.2) is 0 Å². The Bertz CT molecular complexity index is 194. The lowest BCUT2D eigenvalue weighted by atomic mass is 9.98. The molecule has 16 heavy (non-hydrogen) atoms. The topological polar surface area (TPSA) is 29.5 Å². The Balaban J connectivity index is 2.34. The van der Waals surface area contributed by atoms with E-state index in [1.807, 2.05) is 4.90 Å². The van der Waals surface area contributed by atoms with Crippen LogP contribution in [-0.4, -0.2) is 30.2 Å². The zero-order valence-electron chi connectivity index (χ0n) is 10.7. The number of carbonyl (C=O) groups is 1. The predicted octanol–water partition coefficient (Wildman–Crippen LogP) is 3.58. The molecule has 1 amide bonds. The number of hydrogen-bond donors (Lipinski definition) is 0. The van der Waals surface area contributed by atoms with Gasteiger partial charge >= 0.3 is 6.09 Å². The molecular formula is C13H25NO2. The molecule has 0 atom stereocenters. The van der Waals surface area contributed by atoms with Gasteiger partial charge in [0.1, 0.15) is 6.10 Å². The molecule has 1 aliphatic rings. The molecule has 0 aromatic heterocycles. The second-order valence-corrected chi connectivity index (χ2v) is 4.63. The lowest BCUT2D eigenvalue weighted by molar-refractivity contribution is 0.0458. The zero-order chi connectivity index (χ0) is 11.8. The molecule has 1 fully saturated rings. The van der Waals surface area contributed by atoms with Gasteiger partial charge in [0.05, 0.1) is 0 Å². The second-order valence-electron chi connectivity index (χ2n) is 4.63. The van der Waals surface area contributed by atoms with Crippen LogP contribution in [0.4, 0.5) is 4.79 Å². The second kappa shape index (κ2) is 7.53. The summed E-state index contributed by atoms with van der Waals surface area (Å²) < 4.78 is 5.55. The summed E-state index contributed by atoms with van der Waals surface area (Å²) in [5.74, 6) is 0. The highest BCUT2D eigenvalue weighted by molar-refractivity contribution is 5.67. The summed E-state index contributed by atoms with van der Waals surface area (Å²) in [4.78, 5) is 13.7. The van der Waals surface area contributed by atoms with E-state index in [-0.39, 0.29) is 12.2 Å². The van der Waals surface area contributed by atoms with Crippen molar-refractivity contribution in [2.45, 2.75) is 64.9 Å². The molecule has 0 unspecified atom stereocenters. The average Bonchev–Trinajstić information content (AvgIpc) is 2.30. The Hall–Kier alpha value is -0.730. The van der Waals surface area contributed by atoms with Gasteiger partial charge in [-0.2, -0.15) is 0 Å². The van der Waals surface area contributed by atoms with Gasteiger partial charge in [-0.15, -0.1) is 0 Å². The number of carbonyl (C=O) groups excluding carboxylic acids is 1. The minimum absolute atomic E-state index is 0.101. The van der Waals surface area contributed by atoms with Crippen LogP contribution in [-0.2, 0) is 4.74 Å². The van der Waals surface area contributed by atoms with Crippen molar-refractivity contribution >= 4 is 6.09 Å². The minimum Gasteiger partial charge on any atom is -0.446 e. The number of nitrogens with zero attached hydrogens (tertiary/aromatic N) is 1. The molecular weight excluding hydrogens is 202 g/mol. The molecule has 1 aliphatic carbocycles. The first-order chi connectivity index (χ1) is 7.77. The maximum atomic E-state index is 11.9. The number of amides is 1. The number of rotatable bonds is 5. The van der Waals surface area contributed by atoms with Crippen LogP contribution in [0.15, 0.2) is 0 Å². The molecule has 94 valence electrons. The van der Waals surface area contributed by atoms with Crippen molar-refractivity contribution < 1.29 is 9.53 Å². The summed E-state index contributed by atoms with van der Waals surface area (Å²) in [6.45, 7) is 5.83. The van der Waals surface area contributed by atoms with Crippen molar-refractivity contribution in [2.24, 2.45) is 0 Å². The van der Waals surface area contributed by atoms with Crippen molar-refractivity contribution in [3.63, 3.8) is 0 Å². The van der Waals surface area contributed by atoms with Gasteiger partial charge in [-0.3, -0.25) is 0 Å². The number of hydrogen-bond acceptors (Lipinski definition) is 2. The fourth-order valence-electron chi connectivity index (χ4n) is 2.23. The molecule has 0 aliphatic heterocycles. The molecule has 3 nitrogen and oxygen atoms in total. The van der Waals surface area contributed by atoms with E-state index in [4.69, 9.17) is 4.74 Å². The van der Waals surface area contributed by atoms with Crippen LogP contribution < -0.4 is 0 Å². The monoisotopic (exact) mass is 227 g/mol. The van der Waals surface area contributed by atoms with Crippen LogP contribution in [0.2, 0.25) is 0 Å². The quantitative estimate of drug-likeness (QED) is 0.718. The van der Waals surface area contributed by atoms with Gasteiger partial charge < -0.3 is 9.64 Å². The van der Waals surface area contributed by atoms with Crippen molar-refractivity contribution in [1.29, 1.82) is 0 Å². The standard InChI is InChI=1S/C13H25NO2/c1-3-10-14(11-4-2)13(15)16-12-8-6-5-7-9-12/h12H,3-11H2,1-2H3. The molecule has 0 spiro atoms. The molecule has 1 saturated carbocycles. The van der Waals surface area contributed by atoms with Gasteiger partial charge in [0.25, 0.3) is 0 Å². The summed E-state index contributed by atoms with van der Waals surface area (Å²) in [7, 11) is 0. The molecule has 1 rings (SSSR count). The fraction of sp³-hybridized carbons (Fsp3) is 0.923. The highest BCUT2D eigenvalue weighted by atomic mass is 16.6. The molecule has 0 heterocycles. The van der Waals surface area contributed by atoms with Gasteiger partial charge in [0, 0.05) is 13.1 Å². The molecule has 0 aromatic rings. The largest absolute Gasteiger partial charge is 0.446 e. The van der Waals surface area contributed by atoms with E-state index in [0.29, 0.717) is 0 Å². The van der Waals surface area contributed by atoms with Crippen molar-refractivity contribution in [2.75, 3.05) is 13.1 Å². The van der Waals surface area contributed by atoms with E-state index < -0.39 is 0 Å². The smallest absolute Gasteiger partial charge is 0.410 e. The van der Waals surface area contributed by atoms with E-state index >= 15 is 0 Å². The van der Waals surface area contributed by atoms with Gasteiger partial charge in [-0.1, -0.05) is 20.3 Å². The summed E-state index contributed by atoms with van der Waals surface area (Å²) in [6.07, 6.45) is 7.89. The Morgan fingerprint density at radius 3 is 2.19 bits per heavy atom. The first-order valence-electron chi connectivity index (χ1n) is 6.73. The third kappa shape index (κ3) is 4.42. The third-order valence-electron chi connectivity index (χ3n) is 3.06. The highest BCUT2D eigenvalue weighted by Crippen LogP contribution is 2.21. The van der Waals surface area contributed by atoms with Crippen molar-refractivity contribution in [3.05, 3.63) is 0 Å². The van der Waals surface area contributed by atoms with Crippen LogP contribution in [0.5, 0.6) is 0 Å². The maximum Gasteiger partial charge on any atom is 0.410 e. The highest BCUT2D eigenvalue weighted by Gasteiger charge is 2.20. The molecule has 0 N–H and O–H groups in total. The molecule has 0 radical (unpaired) electrons. The van der Waals surface area contributed by atoms with E-state index in [2.05, 4.69) is 13.8 Å². The Kier molecular flexibility index (Phi) is 6.27. The van der Waals surface area contributed by atoms with E-state index in [1.54, 1.807) is 0 Å². The molecule has 0 saturated heterocycles. The van der Waals surface area contributed by atoms with Crippen LogP contribution >= 0.6 is 0 Å². The Labute approximate surface area is 99.1 Å². The summed E-state index contributed by atoms with van der Waals surface area (Å²) in [5.41, 5.74) is 0. The van der Waals surface area contributed by atoms with Crippen molar-refractivity contribution in [1.82, 2.24) is 4.90 Å². The van der Waals surface area contributed by atoms with E-state index in [1.165, 1.54) is 19.3 Å². The SMILES string of the molecule is CCCN(CCC)C(=O)OC1CCCCC1. The minimum atomic E-state index is -0.101. The average molecular weight is 227 g/mol. The summed E-state index contributed by atoms with van der Waals surface area (Å²) >= 11 is 0. The lowest BCUT2D eigenvalue weighted by Gasteiger charge is -2.27. The molecule has 0 bridgehead atoms. The van der Waals surface area contributed by atoms with E-state index in [9.17, 15) is 4.79 Å². The summed E-state index contributed by atoms with van der Waals surface area (Å²) in [6, 6.07) is 0. The van der Waals surface area contributed by atoms with Crippen LogP contribution in [0.1, 0.15) is 58.8 Å². The molecule has 3 heteroatoms. The van der Waals surface area contributed by atoms with Crippen LogP contribution in [0.25, 0.3) is 0 Å². The fourth-order valence-corrected chi connectivity index (χ4v) is 2.23. The Morgan fingerprint density at radius 1 is 1.12 bits per heavy atom. The predicted molar refractivity (Wildman–Crippen MR) is 65.5 cm³/mol. The Morgan fingerprint density at radius 2 is 1.69 bits per heavy atom. The van der Waals surface area contributed by atoms with Gasteiger partial charge in [0.2, 0.25) is 0 Å². The van der Waals surface area contributed by atoms with E-state index in [0.717, 1.165) is 38.8 Å². The first-order valence-corrected chi connectivity index (χ1v) is 6.73. The normalized spacial score (nSPS) is 17.1. The lowest BCUT2D eigenvalue weighted by Crippen LogP contribution is -2.36. The zero-order valence-corrected chi connectivity index (χ0v) is 10.7.